The van der Waals surface area contributed by atoms with Gasteiger partial charge >= 0.3 is 0 Å². The van der Waals surface area contributed by atoms with Crippen LogP contribution in [0.25, 0.3) is 0 Å². The van der Waals surface area contributed by atoms with E-state index in [9.17, 15) is 9.18 Å². The zero-order chi connectivity index (χ0) is 13.9. The summed E-state index contributed by atoms with van der Waals surface area (Å²) in [5.74, 6) is -0.396. The van der Waals surface area contributed by atoms with Crippen LogP contribution in [0.3, 0.4) is 0 Å². The summed E-state index contributed by atoms with van der Waals surface area (Å²) in [6.45, 7) is 7.30. The van der Waals surface area contributed by atoms with Crippen LogP contribution in [0.4, 0.5) is 4.39 Å². The van der Waals surface area contributed by atoms with Crippen molar-refractivity contribution < 1.29 is 9.18 Å². The van der Waals surface area contributed by atoms with Crippen molar-refractivity contribution in [3.05, 3.63) is 35.1 Å². The third kappa shape index (κ3) is 3.53. The molecule has 4 heteroatoms. The van der Waals surface area contributed by atoms with Gasteiger partial charge in [-0.1, -0.05) is 26.0 Å². The molecule has 0 aliphatic carbocycles. The van der Waals surface area contributed by atoms with Crippen molar-refractivity contribution >= 4 is 5.91 Å². The van der Waals surface area contributed by atoms with Crippen LogP contribution in [0, 0.1) is 18.7 Å². The minimum atomic E-state index is -0.539. The summed E-state index contributed by atoms with van der Waals surface area (Å²) in [5, 5.41) is 2.79. The molecule has 1 amide bonds. The van der Waals surface area contributed by atoms with E-state index in [-0.39, 0.29) is 23.7 Å². The molecule has 0 radical (unpaired) electrons. The van der Waals surface area contributed by atoms with Gasteiger partial charge in [0.1, 0.15) is 5.82 Å². The average molecular weight is 252 g/mol. The van der Waals surface area contributed by atoms with Crippen molar-refractivity contribution in [3.63, 3.8) is 0 Å². The van der Waals surface area contributed by atoms with Gasteiger partial charge in [0.15, 0.2) is 0 Å². The largest absolute Gasteiger partial charge is 0.348 e. The van der Waals surface area contributed by atoms with Crippen molar-refractivity contribution in [2.24, 2.45) is 11.7 Å². The van der Waals surface area contributed by atoms with E-state index >= 15 is 0 Å². The fourth-order valence-corrected chi connectivity index (χ4v) is 1.57. The molecule has 1 aromatic carbocycles. The Morgan fingerprint density at radius 2 is 1.94 bits per heavy atom. The highest BCUT2D eigenvalue weighted by atomic mass is 19.1. The Bertz CT molecular complexity index is 432. The Labute approximate surface area is 108 Å². The smallest absolute Gasteiger partial charge is 0.237 e. The second-order valence-corrected chi connectivity index (χ2v) is 5.01. The Balaban J connectivity index is 2.73. The number of nitrogens with two attached hydrogens (primary N) is 1. The van der Waals surface area contributed by atoms with Crippen LogP contribution >= 0.6 is 0 Å². The topological polar surface area (TPSA) is 55.1 Å². The maximum atomic E-state index is 13.4. The molecule has 0 saturated carbocycles. The molecule has 0 spiro atoms. The maximum Gasteiger partial charge on any atom is 0.237 e. The molecule has 0 fully saturated rings. The van der Waals surface area contributed by atoms with Crippen molar-refractivity contribution in [2.45, 2.75) is 39.8 Å². The van der Waals surface area contributed by atoms with Gasteiger partial charge < -0.3 is 11.1 Å². The monoisotopic (exact) mass is 252 g/mol. The number of amides is 1. The Kier molecular flexibility index (Phi) is 4.84. The summed E-state index contributed by atoms with van der Waals surface area (Å²) in [5.41, 5.74) is 7.09. The molecule has 2 unspecified atom stereocenters. The second-order valence-electron chi connectivity index (χ2n) is 5.01. The molecule has 0 aromatic heterocycles. The fourth-order valence-electron chi connectivity index (χ4n) is 1.57. The van der Waals surface area contributed by atoms with Gasteiger partial charge in [-0.05, 0) is 37.0 Å². The van der Waals surface area contributed by atoms with Gasteiger partial charge in [0.2, 0.25) is 5.91 Å². The highest BCUT2D eigenvalue weighted by Crippen LogP contribution is 2.16. The van der Waals surface area contributed by atoms with E-state index in [2.05, 4.69) is 5.32 Å². The molecule has 0 aliphatic rings. The van der Waals surface area contributed by atoms with Crippen LogP contribution in [0.15, 0.2) is 18.2 Å². The first-order valence-corrected chi connectivity index (χ1v) is 6.15. The molecule has 18 heavy (non-hydrogen) atoms. The van der Waals surface area contributed by atoms with E-state index in [1.165, 1.54) is 6.07 Å². The number of carbonyl (C=O) groups excluding carboxylic acids is 1. The van der Waals surface area contributed by atoms with Crippen molar-refractivity contribution in [1.82, 2.24) is 5.32 Å². The lowest BCUT2D eigenvalue weighted by Gasteiger charge is -2.20. The Morgan fingerprint density at radius 1 is 1.33 bits per heavy atom. The lowest BCUT2D eigenvalue weighted by atomic mass is 10.0. The quantitative estimate of drug-likeness (QED) is 0.864. The molecule has 1 aromatic rings. The molecule has 0 heterocycles. The number of nitrogens with one attached hydrogen (secondary N) is 1. The predicted molar refractivity (Wildman–Crippen MR) is 70.5 cm³/mol. The second kappa shape index (κ2) is 5.96. The van der Waals surface area contributed by atoms with Crippen LogP contribution in [0.2, 0.25) is 0 Å². The molecule has 0 aliphatic heterocycles. The molecular formula is C14H21FN2O. The molecule has 0 bridgehead atoms. The molecular weight excluding hydrogens is 231 g/mol. The molecule has 3 N–H and O–H groups in total. The summed E-state index contributed by atoms with van der Waals surface area (Å²) in [4.78, 5) is 11.8. The lowest BCUT2D eigenvalue weighted by Crippen LogP contribution is -2.44. The van der Waals surface area contributed by atoms with Crippen LogP contribution in [0.5, 0.6) is 0 Å². The molecule has 2 atom stereocenters. The van der Waals surface area contributed by atoms with Gasteiger partial charge in [-0.3, -0.25) is 4.79 Å². The van der Waals surface area contributed by atoms with Gasteiger partial charge in [0.05, 0.1) is 12.1 Å². The van der Waals surface area contributed by atoms with E-state index in [1.807, 2.05) is 26.8 Å². The first kappa shape index (κ1) is 14.6. The van der Waals surface area contributed by atoms with E-state index in [4.69, 9.17) is 5.73 Å². The van der Waals surface area contributed by atoms with Crippen molar-refractivity contribution in [2.75, 3.05) is 0 Å². The number of hydrogen-bond donors (Lipinski definition) is 2. The van der Waals surface area contributed by atoms with E-state index in [0.717, 1.165) is 5.56 Å². The number of rotatable bonds is 4. The Hall–Kier alpha value is -1.42. The number of aryl methyl sites for hydroxylation is 1. The van der Waals surface area contributed by atoms with Gasteiger partial charge in [-0.25, -0.2) is 4.39 Å². The predicted octanol–water partition coefficient (Wildman–Crippen LogP) is 2.29. The zero-order valence-electron chi connectivity index (χ0n) is 11.3. The zero-order valence-corrected chi connectivity index (χ0v) is 11.3. The summed E-state index contributed by atoms with van der Waals surface area (Å²) in [7, 11) is 0. The van der Waals surface area contributed by atoms with E-state index in [1.54, 1.807) is 13.0 Å². The highest BCUT2D eigenvalue weighted by Gasteiger charge is 2.19. The number of hydrogen-bond acceptors (Lipinski definition) is 2. The summed E-state index contributed by atoms with van der Waals surface area (Å²) >= 11 is 0. The van der Waals surface area contributed by atoms with Crippen LogP contribution in [0.1, 0.15) is 37.9 Å². The molecule has 3 nitrogen and oxygen atoms in total. The Morgan fingerprint density at radius 3 is 2.44 bits per heavy atom. The third-order valence-electron chi connectivity index (χ3n) is 3.08. The maximum absolute atomic E-state index is 13.4. The SMILES string of the molecule is Cc1ccc(C(C)NC(=O)C(N)C(C)C)cc1F. The van der Waals surface area contributed by atoms with Crippen molar-refractivity contribution in [3.8, 4) is 0 Å². The summed E-state index contributed by atoms with van der Waals surface area (Å²) < 4.78 is 13.4. The van der Waals surface area contributed by atoms with E-state index < -0.39 is 6.04 Å². The minimum absolute atomic E-state index is 0.0759. The van der Waals surface area contributed by atoms with Crippen LogP contribution < -0.4 is 11.1 Å². The van der Waals surface area contributed by atoms with Crippen LogP contribution in [-0.4, -0.2) is 11.9 Å². The third-order valence-corrected chi connectivity index (χ3v) is 3.08. The first-order chi connectivity index (χ1) is 8.32. The average Bonchev–Trinajstić information content (AvgIpc) is 2.31. The van der Waals surface area contributed by atoms with Gasteiger partial charge in [0, 0.05) is 0 Å². The van der Waals surface area contributed by atoms with Gasteiger partial charge in [0.25, 0.3) is 0 Å². The molecule has 100 valence electrons. The molecule has 0 saturated heterocycles. The fraction of sp³-hybridized carbons (Fsp3) is 0.500. The normalized spacial score (nSPS) is 14.4. The standard InChI is InChI=1S/C14H21FN2O/c1-8(2)13(16)14(18)17-10(4)11-6-5-9(3)12(15)7-11/h5-8,10,13H,16H2,1-4H3,(H,17,18). The van der Waals surface area contributed by atoms with Gasteiger partial charge in [-0.15, -0.1) is 0 Å². The summed E-state index contributed by atoms with van der Waals surface area (Å²) in [6.07, 6.45) is 0. The lowest BCUT2D eigenvalue weighted by molar-refractivity contribution is -0.123. The number of halogens is 1. The molecule has 1 rings (SSSR count). The number of carbonyl (C=O) groups is 1. The van der Waals surface area contributed by atoms with Crippen molar-refractivity contribution in [1.29, 1.82) is 0 Å². The van der Waals surface area contributed by atoms with Gasteiger partial charge in [-0.2, -0.15) is 0 Å². The summed E-state index contributed by atoms with van der Waals surface area (Å²) in [6, 6.07) is 4.17. The van der Waals surface area contributed by atoms with Crippen LogP contribution in [-0.2, 0) is 4.79 Å². The minimum Gasteiger partial charge on any atom is -0.348 e. The number of benzene rings is 1. The first-order valence-electron chi connectivity index (χ1n) is 6.15. The highest BCUT2D eigenvalue weighted by molar-refractivity contribution is 5.82. The van der Waals surface area contributed by atoms with E-state index in [0.29, 0.717) is 5.56 Å².